The molecule has 0 saturated heterocycles. The van der Waals surface area contributed by atoms with Crippen LogP contribution in [0.5, 0.6) is 0 Å². The quantitative estimate of drug-likeness (QED) is 0.463. The van der Waals surface area contributed by atoms with Crippen LogP contribution in [0.15, 0.2) is 0 Å². The second-order valence-electron chi connectivity index (χ2n) is 4.56. The first-order chi connectivity index (χ1) is 6.73. The maximum atomic E-state index is 2.17. The van der Waals surface area contributed by atoms with Crippen molar-refractivity contribution < 1.29 is 0 Å². The second kappa shape index (κ2) is 15.5. The van der Waals surface area contributed by atoms with Crippen LogP contribution in [-0.2, 0) is 0 Å². The van der Waals surface area contributed by atoms with Crippen molar-refractivity contribution in [2.75, 3.05) is 0 Å². The van der Waals surface area contributed by atoms with E-state index in [0.717, 1.165) is 5.92 Å². The molecule has 0 amide bonds. The molecule has 0 atom stereocenters. The van der Waals surface area contributed by atoms with Crippen molar-refractivity contribution in [3.63, 3.8) is 0 Å². The van der Waals surface area contributed by atoms with E-state index in [1.807, 2.05) is 13.8 Å². The SMILES string of the molecule is C1CCC1.C1CCC1.CC.CC(C)C. The molecule has 14 heavy (non-hydrogen) atoms. The van der Waals surface area contributed by atoms with Crippen LogP contribution >= 0.6 is 0 Å². The Hall–Kier alpha value is 0. The van der Waals surface area contributed by atoms with E-state index in [9.17, 15) is 0 Å². The molecular weight excluding hydrogens is 168 g/mol. The Morgan fingerprint density at radius 3 is 0.571 bits per heavy atom. The Kier molecular flexibility index (Phi) is 18.2. The standard InChI is InChI=1S/2C4H8.C4H10.C2H6/c2*1-2-4-3-1;1-4(2)3;1-2/h2*1-4H2;4H,1-3H3;1-2H3. The zero-order chi connectivity index (χ0) is 11.2. The van der Waals surface area contributed by atoms with Crippen molar-refractivity contribution in [2.45, 2.75) is 86.0 Å². The Morgan fingerprint density at radius 2 is 0.571 bits per heavy atom. The van der Waals surface area contributed by atoms with Crippen LogP contribution in [0.1, 0.15) is 86.0 Å². The highest BCUT2D eigenvalue weighted by atomic mass is 14.0. The average Bonchev–Trinajstić information content (AvgIpc) is 1.80. The molecule has 0 aromatic carbocycles. The molecule has 2 aliphatic carbocycles. The minimum absolute atomic E-state index is 0.833. The van der Waals surface area contributed by atoms with Gasteiger partial charge in [-0.1, -0.05) is 86.0 Å². The third kappa shape index (κ3) is 22.7. The van der Waals surface area contributed by atoms with Gasteiger partial charge in [-0.15, -0.1) is 0 Å². The van der Waals surface area contributed by atoms with Gasteiger partial charge in [-0.25, -0.2) is 0 Å². The predicted octanol–water partition coefficient (Wildman–Crippen LogP) is 5.81. The fourth-order valence-corrected chi connectivity index (χ4v) is 0.500. The molecule has 2 aliphatic rings. The van der Waals surface area contributed by atoms with Crippen LogP contribution in [0.4, 0.5) is 0 Å². The summed E-state index contributed by atoms with van der Waals surface area (Å²) in [6.07, 6.45) is 12.0. The third-order valence-electron chi connectivity index (χ3n) is 2.00. The zero-order valence-electron chi connectivity index (χ0n) is 11.2. The molecule has 88 valence electrons. The van der Waals surface area contributed by atoms with Crippen molar-refractivity contribution in [3.05, 3.63) is 0 Å². The van der Waals surface area contributed by atoms with Crippen molar-refractivity contribution in [1.29, 1.82) is 0 Å². The van der Waals surface area contributed by atoms with Gasteiger partial charge in [0.2, 0.25) is 0 Å². The van der Waals surface area contributed by atoms with Gasteiger partial charge in [0.25, 0.3) is 0 Å². The van der Waals surface area contributed by atoms with Gasteiger partial charge in [0.15, 0.2) is 0 Å². The fourth-order valence-electron chi connectivity index (χ4n) is 0.500. The first-order valence-electron chi connectivity index (χ1n) is 6.73. The average molecular weight is 200 g/mol. The topological polar surface area (TPSA) is 0 Å². The van der Waals surface area contributed by atoms with E-state index in [4.69, 9.17) is 0 Å². The number of rotatable bonds is 0. The summed E-state index contributed by atoms with van der Waals surface area (Å²) in [6, 6.07) is 0. The van der Waals surface area contributed by atoms with Crippen LogP contribution in [0.2, 0.25) is 0 Å². The maximum Gasteiger partial charge on any atom is -0.0500 e. The van der Waals surface area contributed by atoms with Gasteiger partial charge < -0.3 is 0 Å². The molecule has 0 N–H and O–H groups in total. The maximum absolute atomic E-state index is 2.17. The van der Waals surface area contributed by atoms with Gasteiger partial charge in [-0.05, 0) is 5.92 Å². The summed E-state index contributed by atoms with van der Waals surface area (Å²) in [5, 5.41) is 0. The first kappa shape index (κ1) is 16.4. The second-order valence-corrected chi connectivity index (χ2v) is 4.56. The molecule has 0 heterocycles. The van der Waals surface area contributed by atoms with Crippen molar-refractivity contribution in [2.24, 2.45) is 5.92 Å². The zero-order valence-corrected chi connectivity index (χ0v) is 11.2. The monoisotopic (exact) mass is 200 g/mol. The third-order valence-corrected chi connectivity index (χ3v) is 2.00. The molecule has 0 aromatic rings. The predicted molar refractivity (Wildman–Crippen MR) is 68.8 cm³/mol. The fraction of sp³-hybridized carbons (Fsp3) is 1.00. The lowest BCUT2D eigenvalue weighted by Crippen LogP contribution is -1.85. The van der Waals surface area contributed by atoms with E-state index in [1.165, 1.54) is 51.4 Å². The summed E-state index contributed by atoms with van der Waals surface area (Å²) in [4.78, 5) is 0. The molecule has 0 heteroatoms. The van der Waals surface area contributed by atoms with Crippen LogP contribution in [0, 0.1) is 5.92 Å². The summed E-state index contributed by atoms with van der Waals surface area (Å²) in [7, 11) is 0. The van der Waals surface area contributed by atoms with E-state index >= 15 is 0 Å². The Labute approximate surface area is 92.5 Å². The van der Waals surface area contributed by atoms with E-state index in [1.54, 1.807) is 0 Å². The first-order valence-corrected chi connectivity index (χ1v) is 6.73. The molecule has 0 radical (unpaired) electrons. The van der Waals surface area contributed by atoms with Crippen LogP contribution in [0.25, 0.3) is 0 Å². The van der Waals surface area contributed by atoms with Gasteiger partial charge in [0.05, 0.1) is 0 Å². The largest absolute Gasteiger partial charge is 0.0683 e. The van der Waals surface area contributed by atoms with Crippen molar-refractivity contribution in [1.82, 2.24) is 0 Å². The van der Waals surface area contributed by atoms with E-state index in [0.29, 0.717) is 0 Å². The summed E-state index contributed by atoms with van der Waals surface area (Å²) in [5.74, 6) is 0.833. The number of hydrogen-bond donors (Lipinski definition) is 0. The minimum atomic E-state index is 0.833. The molecule has 0 unspecified atom stereocenters. The van der Waals surface area contributed by atoms with E-state index in [2.05, 4.69) is 20.8 Å². The molecule has 2 fully saturated rings. The number of hydrogen-bond acceptors (Lipinski definition) is 0. The van der Waals surface area contributed by atoms with Gasteiger partial charge in [0, 0.05) is 0 Å². The highest BCUT2D eigenvalue weighted by Gasteiger charge is 1.95. The Morgan fingerprint density at radius 1 is 0.500 bits per heavy atom. The summed E-state index contributed by atoms with van der Waals surface area (Å²) in [6.45, 7) is 10.5. The van der Waals surface area contributed by atoms with E-state index < -0.39 is 0 Å². The van der Waals surface area contributed by atoms with Crippen molar-refractivity contribution >= 4 is 0 Å². The molecule has 0 spiro atoms. The van der Waals surface area contributed by atoms with E-state index in [-0.39, 0.29) is 0 Å². The molecule has 0 aromatic heterocycles. The lowest BCUT2D eigenvalue weighted by atomic mass is 10.0. The normalized spacial score (nSPS) is 16.7. The minimum Gasteiger partial charge on any atom is -0.0683 e. The lowest BCUT2D eigenvalue weighted by Gasteiger charge is -2.05. The van der Waals surface area contributed by atoms with Gasteiger partial charge >= 0.3 is 0 Å². The molecule has 0 bridgehead atoms. The Bertz CT molecular complexity index is 47.4. The Balaban J connectivity index is 0. The summed E-state index contributed by atoms with van der Waals surface area (Å²) >= 11 is 0. The summed E-state index contributed by atoms with van der Waals surface area (Å²) < 4.78 is 0. The van der Waals surface area contributed by atoms with Gasteiger partial charge in [-0.3, -0.25) is 0 Å². The molecule has 2 saturated carbocycles. The lowest BCUT2D eigenvalue weighted by molar-refractivity contribution is 0.504. The molecule has 0 aliphatic heterocycles. The summed E-state index contributed by atoms with van der Waals surface area (Å²) in [5.41, 5.74) is 0. The van der Waals surface area contributed by atoms with Crippen LogP contribution in [0.3, 0.4) is 0 Å². The smallest absolute Gasteiger partial charge is 0.0500 e. The van der Waals surface area contributed by atoms with Crippen molar-refractivity contribution in [3.8, 4) is 0 Å². The van der Waals surface area contributed by atoms with Crippen LogP contribution in [-0.4, -0.2) is 0 Å². The highest BCUT2D eigenvalue weighted by molar-refractivity contribution is 4.51. The molecule has 0 nitrogen and oxygen atoms in total. The highest BCUT2D eigenvalue weighted by Crippen LogP contribution is 2.15. The van der Waals surface area contributed by atoms with Gasteiger partial charge in [0.1, 0.15) is 0 Å². The molecule has 2 rings (SSSR count). The molecular formula is C14H32. The van der Waals surface area contributed by atoms with Gasteiger partial charge in [-0.2, -0.15) is 0 Å². The van der Waals surface area contributed by atoms with Crippen LogP contribution < -0.4 is 0 Å².